The number of aryl methyl sites for hydroxylation is 1. The third-order valence-corrected chi connectivity index (χ3v) is 9.69. The lowest BCUT2D eigenvalue weighted by molar-refractivity contribution is -0.171. The number of fused-ring (bicyclic) bond motifs is 4. The Hall–Kier alpha value is -3.48. The van der Waals surface area contributed by atoms with E-state index in [9.17, 15) is 14.4 Å². The Bertz CT molecular complexity index is 1310. The van der Waals surface area contributed by atoms with E-state index in [0.29, 0.717) is 56.3 Å². The van der Waals surface area contributed by atoms with Gasteiger partial charge in [0.1, 0.15) is 18.5 Å². The monoisotopic (exact) mass is 700 g/mol. The summed E-state index contributed by atoms with van der Waals surface area (Å²) >= 11 is 0. The van der Waals surface area contributed by atoms with Crippen molar-refractivity contribution in [1.82, 2.24) is 10.3 Å². The predicted octanol–water partition coefficient (Wildman–Crippen LogP) is 6.28. The highest BCUT2D eigenvalue weighted by Crippen LogP contribution is 2.34. The second kappa shape index (κ2) is 20.4. The molecule has 12 heteroatoms. The van der Waals surface area contributed by atoms with E-state index < -0.39 is 24.3 Å². The van der Waals surface area contributed by atoms with Crippen LogP contribution in [0.2, 0.25) is 0 Å². The number of methoxy groups -OCH3 is 2. The number of amides is 1. The van der Waals surface area contributed by atoms with Gasteiger partial charge in [-0.05, 0) is 56.1 Å². The molecule has 278 valence electrons. The Labute approximate surface area is 296 Å². The molecule has 0 saturated carbocycles. The number of carbonyl (C=O) groups is 3. The van der Waals surface area contributed by atoms with Gasteiger partial charge in [0.2, 0.25) is 5.89 Å². The summed E-state index contributed by atoms with van der Waals surface area (Å²) in [6, 6.07) is 0. The van der Waals surface area contributed by atoms with Crippen molar-refractivity contribution in [2.45, 2.75) is 134 Å². The minimum atomic E-state index is -0.517. The number of carbonyl (C=O) groups excluding carboxylic acids is 3. The second-order valence-electron chi connectivity index (χ2n) is 13.7. The molecule has 1 N–H and O–H groups in total. The number of ether oxygens (including phenoxy) is 6. The molecule has 3 aliphatic heterocycles. The number of aromatic nitrogens is 1. The molecule has 1 aromatic heterocycles. The van der Waals surface area contributed by atoms with Crippen molar-refractivity contribution < 1.29 is 47.2 Å². The first-order valence-electron chi connectivity index (χ1n) is 18.1. The number of oxazole rings is 1. The zero-order valence-electron chi connectivity index (χ0n) is 30.3. The third-order valence-electron chi connectivity index (χ3n) is 9.69. The maximum atomic E-state index is 13.3. The molecule has 4 rings (SSSR count). The van der Waals surface area contributed by atoms with E-state index in [1.807, 2.05) is 6.08 Å². The van der Waals surface area contributed by atoms with E-state index in [-0.39, 0.29) is 49.5 Å². The van der Waals surface area contributed by atoms with Gasteiger partial charge in [-0.1, -0.05) is 45.4 Å². The molecule has 9 atom stereocenters. The highest BCUT2D eigenvalue weighted by Gasteiger charge is 2.38. The van der Waals surface area contributed by atoms with E-state index in [4.69, 9.17) is 28.1 Å². The van der Waals surface area contributed by atoms with Crippen molar-refractivity contribution in [3.05, 3.63) is 48.2 Å². The van der Waals surface area contributed by atoms with Crippen molar-refractivity contribution >= 4 is 24.1 Å². The Morgan fingerprint density at radius 1 is 1.04 bits per heavy atom. The van der Waals surface area contributed by atoms with Gasteiger partial charge in [-0.15, -0.1) is 0 Å². The molecule has 4 bridgehead atoms. The van der Waals surface area contributed by atoms with E-state index in [1.54, 1.807) is 31.6 Å². The summed E-state index contributed by atoms with van der Waals surface area (Å²) in [5.41, 5.74) is 0.735. The minimum Gasteiger partial charge on any atom is -0.459 e. The Morgan fingerprint density at radius 2 is 1.84 bits per heavy atom. The lowest BCUT2D eigenvalue weighted by Crippen LogP contribution is -2.43. The van der Waals surface area contributed by atoms with Crippen LogP contribution in [0, 0.1) is 11.8 Å². The van der Waals surface area contributed by atoms with Crippen LogP contribution in [-0.2, 0) is 44.4 Å². The van der Waals surface area contributed by atoms with Crippen LogP contribution in [0.4, 0.5) is 4.79 Å². The van der Waals surface area contributed by atoms with Gasteiger partial charge in [0, 0.05) is 45.4 Å². The number of allylic oxidation sites excluding steroid dienone is 2. The number of esters is 2. The summed E-state index contributed by atoms with van der Waals surface area (Å²) in [4.78, 5) is 41.7. The number of hydrogen-bond acceptors (Lipinski definition) is 11. The maximum absolute atomic E-state index is 13.3. The van der Waals surface area contributed by atoms with Crippen LogP contribution < -0.4 is 5.32 Å². The predicted molar refractivity (Wildman–Crippen MR) is 186 cm³/mol. The van der Waals surface area contributed by atoms with Gasteiger partial charge in [-0.2, -0.15) is 0 Å². The quantitative estimate of drug-likeness (QED) is 0.114. The zero-order chi connectivity index (χ0) is 35.9. The van der Waals surface area contributed by atoms with E-state index in [2.05, 4.69) is 41.9 Å². The number of rotatable bonds is 12. The van der Waals surface area contributed by atoms with Crippen molar-refractivity contribution in [1.29, 1.82) is 0 Å². The summed E-state index contributed by atoms with van der Waals surface area (Å²) in [5.74, 6) is 0.410. The van der Waals surface area contributed by atoms with Gasteiger partial charge >= 0.3 is 18.0 Å². The van der Waals surface area contributed by atoms with E-state index in [1.165, 1.54) is 13.2 Å². The third kappa shape index (κ3) is 13.3. The standard InChI is InChI=1S/C38H56N2O10/c1-6-25(2)13-15-29-18-28-16-14-26(3)34(48-28)22-30(44-4)19-31-20-32(21-33(47-31)23-37(42)49-29)50-36(41)12-8-7-10-27-24-46-35(40-27)11-9-17-39-38(43)45-5/h8-9,11-13,15,24-26,28-34H,6-7,10,14,16-23H2,1-5H3,(H,39,43)/b11-9-,12-8-,15-13+/t25-,26-,28-,29-,30-,31+,32+,33+,34+/m0/s1. The molecule has 0 unspecified atom stereocenters. The molecule has 0 aromatic carbocycles. The molecule has 0 radical (unpaired) electrons. The molecule has 1 aromatic rings. The average Bonchev–Trinajstić information content (AvgIpc) is 3.55. The van der Waals surface area contributed by atoms with E-state index >= 15 is 0 Å². The van der Waals surface area contributed by atoms with Crippen LogP contribution in [0.3, 0.4) is 0 Å². The van der Waals surface area contributed by atoms with Gasteiger partial charge in [-0.25, -0.2) is 14.6 Å². The normalized spacial score (nSPS) is 30.1. The number of nitrogens with one attached hydrogen (secondary N) is 1. The SMILES string of the molecule is CC[C@H](C)/C=C/[C@H]1C[C@@H]2CC[C@H](C)[C@@H](C[C@@H](OC)C[C@@H]3C[C@@H](OC(=O)/C=C\CCc4coc(/C=C\CNC(=O)OC)n4)C[C@H](CC(=O)O1)O3)O2. The summed E-state index contributed by atoms with van der Waals surface area (Å²) in [5, 5.41) is 2.54. The molecule has 3 fully saturated rings. The van der Waals surface area contributed by atoms with Gasteiger partial charge < -0.3 is 38.2 Å². The fraction of sp³-hybridized carbons (Fsp3) is 0.684. The molecule has 4 heterocycles. The van der Waals surface area contributed by atoms with Crippen LogP contribution in [0.15, 0.2) is 41.1 Å². The molecule has 0 aliphatic carbocycles. The summed E-state index contributed by atoms with van der Waals surface area (Å²) < 4.78 is 40.9. The average molecular weight is 701 g/mol. The second-order valence-corrected chi connectivity index (χ2v) is 13.7. The first kappa shape index (κ1) is 39.3. The first-order chi connectivity index (χ1) is 24.1. The number of hydrogen-bond donors (Lipinski definition) is 1. The Balaban J connectivity index is 1.35. The zero-order valence-corrected chi connectivity index (χ0v) is 30.3. The first-order valence-corrected chi connectivity index (χ1v) is 18.1. The molecular weight excluding hydrogens is 644 g/mol. The maximum Gasteiger partial charge on any atom is 0.407 e. The van der Waals surface area contributed by atoms with Gasteiger partial charge in [0.15, 0.2) is 0 Å². The van der Waals surface area contributed by atoms with Crippen LogP contribution in [0.1, 0.15) is 96.6 Å². The fourth-order valence-corrected chi connectivity index (χ4v) is 6.61. The molecule has 12 nitrogen and oxygen atoms in total. The molecule has 3 aliphatic rings. The highest BCUT2D eigenvalue weighted by atomic mass is 16.6. The molecular formula is C38H56N2O10. The summed E-state index contributed by atoms with van der Waals surface area (Å²) in [6.45, 7) is 6.80. The van der Waals surface area contributed by atoms with Crippen LogP contribution in [-0.4, -0.2) is 86.5 Å². The fourth-order valence-electron chi connectivity index (χ4n) is 6.61. The van der Waals surface area contributed by atoms with Crippen molar-refractivity contribution in [2.75, 3.05) is 20.8 Å². The Kier molecular flexibility index (Phi) is 16.0. The van der Waals surface area contributed by atoms with Crippen LogP contribution in [0.25, 0.3) is 6.08 Å². The summed E-state index contributed by atoms with van der Waals surface area (Å²) in [7, 11) is 3.02. The molecule has 50 heavy (non-hydrogen) atoms. The number of nitrogens with zero attached hydrogens (tertiary/aromatic N) is 1. The molecule has 1 amide bonds. The van der Waals surface area contributed by atoms with Crippen LogP contribution in [0.5, 0.6) is 0 Å². The smallest absolute Gasteiger partial charge is 0.407 e. The Morgan fingerprint density at radius 3 is 2.62 bits per heavy atom. The number of alkyl carbamates (subject to hydrolysis) is 1. The van der Waals surface area contributed by atoms with Gasteiger partial charge in [0.25, 0.3) is 0 Å². The van der Waals surface area contributed by atoms with Crippen molar-refractivity contribution in [3.63, 3.8) is 0 Å². The van der Waals surface area contributed by atoms with Crippen molar-refractivity contribution in [2.24, 2.45) is 11.8 Å². The molecule has 3 saturated heterocycles. The van der Waals surface area contributed by atoms with Crippen LogP contribution >= 0.6 is 0 Å². The van der Waals surface area contributed by atoms with E-state index in [0.717, 1.165) is 31.4 Å². The highest BCUT2D eigenvalue weighted by molar-refractivity contribution is 5.82. The molecule has 0 spiro atoms. The number of cyclic esters (lactones) is 1. The minimum absolute atomic E-state index is 0.0161. The lowest BCUT2D eigenvalue weighted by Gasteiger charge is -2.40. The summed E-state index contributed by atoms with van der Waals surface area (Å²) in [6.07, 6.45) is 17.3. The topological polar surface area (TPSA) is 145 Å². The van der Waals surface area contributed by atoms with Gasteiger partial charge in [0.05, 0.1) is 49.7 Å². The van der Waals surface area contributed by atoms with Crippen molar-refractivity contribution in [3.8, 4) is 0 Å². The van der Waals surface area contributed by atoms with Gasteiger partial charge in [-0.3, -0.25) is 4.79 Å². The largest absolute Gasteiger partial charge is 0.459 e. The lowest BCUT2D eigenvalue weighted by atomic mass is 9.86.